The highest BCUT2D eigenvalue weighted by atomic mass is 16.3. The molecule has 0 spiro atoms. The van der Waals surface area contributed by atoms with Gasteiger partial charge in [-0.3, -0.25) is 4.79 Å². The molecule has 1 aliphatic heterocycles. The lowest BCUT2D eigenvalue weighted by Gasteiger charge is -2.52. The first kappa shape index (κ1) is 17.2. The predicted molar refractivity (Wildman–Crippen MR) is 101 cm³/mol. The molecule has 1 N–H and O–H groups in total. The number of nitrogens with zero attached hydrogens (tertiary/aromatic N) is 2. The fourth-order valence-electron chi connectivity index (χ4n) is 4.83. The molecule has 1 aliphatic carbocycles. The predicted octanol–water partition coefficient (Wildman–Crippen LogP) is 3.68. The molecular weight excluding hydrogens is 324 g/mol. The lowest BCUT2D eigenvalue weighted by atomic mass is 9.66. The molecule has 26 heavy (non-hydrogen) atoms. The van der Waals surface area contributed by atoms with Crippen molar-refractivity contribution in [3.8, 4) is 0 Å². The Labute approximate surface area is 154 Å². The van der Waals surface area contributed by atoms with Gasteiger partial charge in [0.25, 0.3) is 5.91 Å². The average molecular weight is 350 g/mol. The third-order valence-corrected chi connectivity index (χ3v) is 6.12. The maximum atomic E-state index is 13.1. The minimum Gasteiger partial charge on any atom is -0.385 e. The number of carbonyl (C=O) groups excluding carboxylic acids is 1. The molecule has 136 valence electrons. The first-order valence-corrected chi connectivity index (χ1v) is 9.62. The third kappa shape index (κ3) is 2.92. The number of pyridine rings is 1. The van der Waals surface area contributed by atoms with Crippen molar-refractivity contribution in [1.82, 2.24) is 9.88 Å². The Bertz CT molecular complexity index is 792. The second-order valence-corrected chi connectivity index (χ2v) is 7.66. The van der Waals surface area contributed by atoms with Crippen molar-refractivity contribution in [3.05, 3.63) is 65.5 Å². The van der Waals surface area contributed by atoms with Crippen molar-refractivity contribution in [1.29, 1.82) is 0 Å². The van der Waals surface area contributed by atoms with Gasteiger partial charge in [-0.2, -0.15) is 0 Å². The molecule has 2 heterocycles. The first-order valence-electron chi connectivity index (χ1n) is 9.62. The number of hydrogen-bond donors (Lipinski definition) is 1. The van der Waals surface area contributed by atoms with Crippen LogP contribution in [0, 0.1) is 12.8 Å². The van der Waals surface area contributed by atoms with Crippen molar-refractivity contribution in [3.63, 3.8) is 0 Å². The van der Waals surface area contributed by atoms with Gasteiger partial charge in [0.2, 0.25) is 0 Å². The highest BCUT2D eigenvalue weighted by molar-refractivity contribution is 5.92. The molecule has 2 fully saturated rings. The molecule has 0 radical (unpaired) electrons. The van der Waals surface area contributed by atoms with E-state index in [9.17, 15) is 9.90 Å². The van der Waals surface area contributed by atoms with Gasteiger partial charge in [0.05, 0.1) is 5.60 Å². The first-order chi connectivity index (χ1) is 12.6. The van der Waals surface area contributed by atoms with E-state index in [1.165, 1.54) is 0 Å². The van der Waals surface area contributed by atoms with E-state index in [4.69, 9.17) is 0 Å². The third-order valence-electron chi connectivity index (χ3n) is 6.12. The summed E-state index contributed by atoms with van der Waals surface area (Å²) >= 11 is 0. The Morgan fingerprint density at radius 1 is 1.12 bits per heavy atom. The van der Waals surface area contributed by atoms with Crippen molar-refractivity contribution >= 4 is 5.91 Å². The fraction of sp³-hybridized carbons (Fsp3) is 0.455. The van der Waals surface area contributed by atoms with Crippen LogP contribution in [0.1, 0.15) is 53.8 Å². The Balaban J connectivity index is 1.66. The molecule has 4 nitrogen and oxygen atoms in total. The van der Waals surface area contributed by atoms with E-state index in [2.05, 4.69) is 4.98 Å². The summed E-state index contributed by atoms with van der Waals surface area (Å²) in [4.78, 5) is 19.5. The van der Waals surface area contributed by atoms with Gasteiger partial charge in [0.1, 0.15) is 5.69 Å². The van der Waals surface area contributed by atoms with Crippen molar-refractivity contribution in [2.24, 2.45) is 5.92 Å². The largest absolute Gasteiger partial charge is 0.385 e. The Hall–Kier alpha value is -2.20. The number of benzene rings is 1. The molecule has 1 amide bonds. The van der Waals surface area contributed by atoms with E-state index in [-0.39, 0.29) is 17.9 Å². The van der Waals surface area contributed by atoms with E-state index >= 15 is 0 Å². The summed E-state index contributed by atoms with van der Waals surface area (Å²) < 4.78 is 0. The van der Waals surface area contributed by atoms with Gasteiger partial charge in [-0.25, -0.2) is 4.98 Å². The number of amides is 1. The lowest BCUT2D eigenvalue weighted by molar-refractivity contribution is -0.110. The zero-order chi connectivity index (χ0) is 18.1. The summed E-state index contributed by atoms with van der Waals surface area (Å²) in [6.07, 6.45) is 4.71. The summed E-state index contributed by atoms with van der Waals surface area (Å²) in [7, 11) is 0. The topological polar surface area (TPSA) is 53.4 Å². The van der Waals surface area contributed by atoms with Crippen LogP contribution < -0.4 is 0 Å². The smallest absolute Gasteiger partial charge is 0.272 e. The summed E-state index contributed by atoms with van der Waals surface area (Å²) in [5.74, 6) is 0.0851. The van der Waals surface area contributed by atoms with Gasteiger partial charge in [0, 0.05) is 24.2 Å². The maximum absolute atomic E-state index is 13.1. The van der Waals surface area contributed by atoms with Crippen LogP contribution in [-0.2, 0) is 5.60 Å². The SMILES string of the molecule is Cc1cccc(C(=O)N2CCC(O)(c3ccccc3)[C@H]3CCCC[C@H]32)n1. The van der Waals surface area contributed by atoms with Gasteiger partial charge in [-0.1, -0.05) is 49.2 Å². The molecule has 1 aromatic heterocycles. The molecule has 2 aromatic rings. The monoisotopic (exact) mass is 350 g/mol. The standard InChI is InChI=1S/C22H26N2O2/c1-16-8-7-12-19(23-16)21(25)24-15-14-22(26,17-9-3-2-4-10-17)18-11-5-6-13-20(18)24/h2-4,7-10,12,18,20,26H,5-6,11,13-15H2,1H3/t18-,20+,22?/m0/s1. The molecule has 1 saturated carbocycles. The van der Waals surface area contributed by atoms with Crippen molar-refractivity contribution in [2.75, 3.05) is 6.54 Å². The number of carbonyl (C=O) groups is 1. The van der Waals surface area contributed by atoms with Crippen molar-refractivity contribution in [2.45, 2.75) is 50.7 Å². The number of aryl methyl sites for hydroxylation is 1. The molecule has 4 rings (SSSR count). The molecule has 2 aliphatic rings. The molecule has 4 heteroatoms. The van der Waals surface area contributed by atoms with E-state index in [0.717, 1.165) is 36.9 Å². The van der Waals surface area contributed by atoms with Crippen LogP contribution >= 0.6 is 0 Å². The van der Waals surface area contributed by atoms with Crippen LogP contribution in [0.3, 0.4) is 0 Å². The van der Waals surface area contributed by atoms with Gasteiger partial charge >= 0.3 is 0 Å². The lowest BCUT2D eigenvalue weighted by Crippen LogP contribution is -2.59. The molecular formula is C22H26N2O2. The molecule has 3 atom stereocenters. The number of piperidine rings is 1. The number of fused-ring (bicyclic) bond motifs is 1. The van der Waals surface area contributed by atoms with E-state index in [1.54, 1.807) is 6.07 Å². The molecule has 1 aromatic carbocycles. The molecule has 1 unspecified atom stereocenters. The van der Waals surface area contributed by atoms with Crippen molar-refractivity contribution < 1.29 is 9.90 Å². The van der Waals surface area contributed by atoms with Crippen LogP contribution in [0.5, 0.6) is 0 Å². The fourth-order valence-corrected chi connectivity index (χ4v) is 4.83. The Morgan fingerprint density at radius 2 is 1.88 bits per heavy atom. The summed E-state index contributed by atoms with van der Waals surface area (Å²) in [5, 5.41) is 11.6. The quantitative estimate of drug-likeness (QED) is 0.899. The van der Waals surface area contributed by atoms with Crippen LogP contribution in [0.25, 0.3) is 0 Å². The van der Waals surface area contributed by atoms with Crippen LogP contribution in [0.15, 0.2) is 48.5 Å². The number of aromatic nitrogens is 1. The molecule has 1 saturated heterocycles. The Morgan fingerprint density at radius 3 is 2.65 bits per heavy atom. The second kappa shape index (κ2) is 6.84. The minimum atomic E-state index is -0.844. The number of rotatable bonds is 2. The van der Waals surface area contributed by atoms with Gasteiger partial charge < -0.3 is 10.0 Å². The number of likely N-dealkylation sites (tertiary alicyclic amines) is 1. The van der Waals surface area contributed by atoms with Gasteiger partial charge in [-0.05, 0) is 43.9 Å². The summed E-state index contributed by atoms with van der Waals surface area (Å²) in [6, 6.07) is 15.7. The Kier molecular flexibility index (Phi) is 4.53. The highest BCUT2D eigenvalue weighted by Crippen LogP contribution is 2.47. The summed E-state index contributed by atoms with van der Waals surface area (Å²) in [5.41, 5.74) is 1.51. The van der Waals surface area contributed by atoms with Crippen LogP contribution in [-0.4, -0.2) is 33.5 Å². The van der Waals surface area contributed by atoms with E-state index < -0.39 is 5.60 Å². The van der Waals surface area contributed by atoms with E-state index in [0.29, 0.717) is 18.7 Å². The normalized spacial score (nSPS) is 28.5. The molecule has 0 bridgehead atoms. The minimum absolute atomic E-state index is 0.000659. The van der Waals surface area contributed by atoms with Crippen LogP contribution in [0.2, 0.25) is 0 Å². The van der Waals surface area contributed by atoms with Crippen LogP contribution in [0.4, 0.5) is 0 Å². The summed E-state index contributed by atoms with van der Waals surface area (Å²) in [6.45, 7) is 2.48. The van der Waals surface area contributed by atoms with Gasteiger partial charge in [0.15, 0.2) is 0 Å². The number of hydrogen-bond acceptors (Lipinski definition) is 3. The number of aliphatic hydroxyl groups is 1. The zero-order valence-electron chi connectivity index (χ0n) is 15.3. The van der Waals surface area contributed by atoms with Gasteiger partial charge in [-0.15, -0.1) is 0 Å². The highest BCUT2D eigenvalue weighted by Gasteiger charge is 2.50. The second-order valence-electron chi connectivity index (χ2n) is 7.66. The van der Waals surface area contributed by atoms with E-state index in [1.807, 2.05) is 54.3 Å². The zero-order valence-corrected chi connectivity index (χ0v) is 15.3. The maximum Gasteiger partial charge on any atom is 0.272 e. The average Bonchev–Trinajstić information content (AvgIpc) is 2.69.